The number of methoxy groups -OCH3 is 3. The second kappa shape index (κ2) is 8.69. The molecular formula is C25H31NO5. The van der Waals surface area contributed by atoms with Crippen molar-refractivity contribution in [2.24, 2.45) is 0 Å². The molecule has 6 nitrogen and oxygen atoms in total. The summed E-state index contributed by atoms with van der Waals surface area (Å²) in [5, 5.41) is 0. The van der Waals surface area contributed by atoms with Crippen LogP contribution in [0, 0.1) is 0 Å². The molecular weight excluding hydrogens is 394 g/mol. The van der Waals surface area contributed by atoms with E-state index >= 15 is 0 Å². The highest BCUT2D eigenvalue weighted by molar-refractivity contribution is 5.95. The van der Waals surface area contributed by atoms with E-state index in [1.807, 2.05) is 30.0 Å². The van der Waals surface area contributed by atoms with E-state index in [4.69, 9.17) is 18.9 Å². The van der Waals surface area contributed by atoms with Crippen LogP contribution >= 0.6 is 0 Å². The first-order valence-corrected chi connectivity index (χ1v) is 10.9. The molecule has 0 unspecified atom stereocenters. The number of nitrogens with zero attached hydrogens (tertiary/aromatic N) is 1. The van der Waals surface area contributed by atoms with Gasteiger partial charge in [0.1, 0.15) is 0 Å². The van der Waals surface area contributed by atoms with Crippen LogP contribution in [-0.4, -0.2) is 45.3 Å². The SMILES string of the molecule is CCOc1ccc(C(=O)N2Cc3cc(OC)c(OC)cc3C3(CCCC3)C2)cc1OC. The second-order valence-electron chi connectivity index (χ2n) is 8.31. The van der Waals surface area contributed by atoms with Gasteiger partial charge in [-0.3, -0.25) is 4.79 Å². The lowest BCUT2D eigenvalue weighted by atomic mass is 9.73. The Morgan fingerprint density at radius 3 is 2.23 bits per heavy atom. The number of benzene rings is 2. The van der Waals surface area contributed by atoms with Crippen LogP contribution < -0.4 is 18.9 Å². The average molecular weight is 426 g/mol. The molecule has 2 aromatic carbocycles. The Morgan fingerprint density at radius 2 is 1.58 bits per heavy atom. The van der Waals surface area contributed by atoms with Crippen molar-refractivity contribution in [3.8, 4) is 23.0 Å². The van der Waals surface area contributed by atoms with E-state index in [1.165, 1.54) is 18.4 Å². The smallest absolute Gasteiger partial charge is 0.254 e. The minimum atomic E-state index is -0.0296. The quantitative estimate of drug-likeness (QED) is 0.678. The number of amides is 1. The van der Waals surface area contributed by atoms with Crippen LogP contribution in [0.4, 0.5) is 0 Å². The molecule has 4 rings (SSSR count). The first-order valence-electron chi connectivity index (χ1n) is 10.9. The molecule has 0 saturated heterocycles. The Balaban J connectivity index is 1.70. The van der Waals surface area contributed by atoms with E-state index in [0.717, 1.165) is 24.2 Å². The number of ether oxygens (including phenoxy) is 4. The summed E-state index contributed by atoms with van der Waals surface area (Å²) in [5.41, 5.74) is 3.02. The molecule has 2 aromatic rings. The van der Waals surface area contributed by atoms with Gasteiger partial charge in [0, 0.05) is 24.1 Å². The molecule has 31 heavy (non-hydrogen) atoms. The van der Waals surface area contributed by atoms with Crippen LogP contribution in [0.15, 0.2) is 30.3 Å². The third-order valence-corrected chi connectivity index (χ3v) is 6.59. The van der Waals surface area contributed by atoms with E-state index in [1.54, 1.807) is 27.4 Å². The van der Waals surface area contributed by atoms with Gasteiger partial charge in [-0.25, -0.2) is 0 Å². The number of carbonyl (C=O) groups is 1. The molecule has 1 aliphatic heterocycles. The zero-order valence-corrected chi connectivity index (χ0v) is 18.8. The second-order valence-corrected chi connectivity index (χ2v) is 8.31. The summed E-state index contributed by atoms with van der Waals surface area (Å²) in [6.45, 7) is 3.73. The fourth-order valence-electron chi connectivity index (χ4n) is 5.14. The van der Waals surface area contributed by atoms with Gasteiger partial charge < -0.3 is 23.8 Å². The molecule has 6 heteroatoms. The summed E-state index contributed by atoms with van der Waals surface area (Å²) in [7, 11) is 4.91. The van der Waals surface area contributed by atoms with Crippen LogP contribution in [-0.2, 0) is 12.0 Å². The van der Waals surface area contributed by atoms with E-state index in [-0.39, 0.29) is 11.3 Å². The maximum absolute atomic E-state index is 13.5. The summed E-state index contributed by atoms with van der Waals surface area (Å²) in [4.78, 5) is 15.5. The summed E-state index contributed by atoms with van der Waals surface area (Å²) < 4.78 is 22.2. The van der Waals surface area contributed by atoms with Crippen LogP contribution in [0.25, 0.3) is 0 Å². The molecule has 1 aliphatic carbocycles. The van der Waals surface area contributed by atoms with Crippen molar-refractivity contribution in [3.05, 3.63) is 47.0 Å². The van der Waals surface area contributed by atoms with Crippen molar-refractivity contribution in [2.75, 3.05) is 34.5 Å². The molecule has 0 bridgehead atoms. The fourth-order valence-corrected chi connectivity index (χ4v) is 5.14. The van der Waals surface area contributed by atoms with E-state index < -0.39 is 0 Å². The number of fused-ring (bicyclic) bond motifs is 2. The van der Waals surface area contributed by atoms with Crippen molar-refractivity contribution in [2.45, 2.75) is 44.6 Å². The van der Waals surface area contributed by atoms with Gasteiger partial charge in [-0.15, -0.1) is 0 Å². The summed E-state index contributed by atoms with van der Waals surface area (Å²) in [6.07, 6.45) is 4.50. The lowest BCUT2D eigenvalue weighted by molar-refractivity contribution is 0.0669. The third-order valence-electron chi connectivity index (χ3n) is 6.59. The van der Waals surface area contributed by atoms with Crippen LogP contribution in [0.3, 0.4) is 0 Å². The zero-order valence-electron chi connectivity index (χ0n) is 18.8. The molecule has 2 aliphatic rings. The standard InChI is InChI=1S/C25H31NO5/c1-5-31-20-9-8-17(12-21(20)28-2)24(27)26-15-18-13-22(29-3)23(30-4)14-19(18)25(16-26)10-6-7-11-25/h8-9,12-14H,5-7,10-11,15-16H2,1-4H3. The number of hydrogen-bond donors (Lipinski definition) is 0. The van der Waals surface area contributed by atoms with Gasteiger partial charge in [0.2, 0.25) is 0 Å². The predicted molar refractivity (Wildman–Crippen MR) is 119 cm³/mol. The highest BCUT2D eigenvalue weighted by atomic mass is 16.5. The Bertz CT molecular complexity index is 965. The number of hydrogen-bond acceptors (Lipinski definition) is 5. The van der Waals surface area contributed by atoms with Gasteiger partial charge in [0.05, 0.1) is 27.9 Å². The van der Waals surface area contributed by atoms with Gasteiger partial charge >= 0.3 is 0 Å². The molecule has 1 spiro atoms. The van der Waals surface area contributed by atoms with E-state index in [9.17, 15) is 4.79 Å². The first-order chi connectivity index (χ1) is 15.0. The molecule has 1 heterocycles. The molecule has 0 N–H and O–H groups in total. The average Bonchev–Trinajstić information content (AvgIpc) is 3.26. The topological polar surface area (TPSA) is 57.2 Å². The molecule has 166 valence electrons. The number of carbonyl (C=O) groups excluding carboxylic acids is 1. The normalized spacial score (nSPS) is 16.7. The predicted octanol–water partition coefficient (Wildman–Crippen LogP) is 4.58. The summed E-state index contributed by atoms with van der Waals surface area (Å²) >= 11 is 0. The fraction of sp³-hybridized carbons (Fsp3) is 0.480. The maximum atomic E-state index is 13.5. The Labute approximate surface area is 184 Å². The van der Waals surface area contributed by atoms with Crippen molar-refractivity contribution in [1.29, 1.82) is 0 Å². The highest BCUT2D eigenvalue weighted by Gasteiger charge is 2.43. The van der Waals surface area contributed by atoms with Crippen LogP contribution in [0.1, 0.15) is 54.1 Å². The van der Waals surface area contributed by atoms with Gasteiger partial charge in [-0.05, 0) is 61.2 Å². The number of rotatable bonds is 6. The van der Waals surface area contributed by atoms with Crippen molar-refractivity contribution < 1.29 is 23.7 Å². The Hall–Kier alpha value is -2.89. The highest BCUT2D eigenvalue weighted by Crippen LogP contribution is 2.49. The minimum Gasteiger partial charge on any atom is -0.493 e. The van der Waals surface area contributed by atoms with Crippen molar-refractivity contribution in [1.82, 2.24) is 4.90 Å². The Morgan fingerprint density at radius 1 is 0.935 bits per heavy atom. The monoisotopic (exact) mass is 425 g/mol. The molecule has 0 atom stereocenters. The third kappa shape index (κ3) is 3.80. The van der Waals surface area contributed by atoms with Gasteiger partial charge in [-0.1, -0.05) is 12.8 Å². The first kappa shape index (κ1) is 21.3. The molecule has 0 aromatic heterocycles. The Kier molecular flexibility index (Phi) is 5.99. The minimum absolute atomic E-state index is 0.00746. The summed E-state index contributed by atoms with van der Waals surface area (Å²) in [6, 6.07) is 9.57. The van der Waals surface area contributed by atoms with Crippen LogP contribution in [0.2, 0.25) is 0 Å². The van der Waals surface area contributed by atoms with Crippen LogP contribution in [0.5, 0.6) is 23.0 Å². The van der Waals surface area contributed by atoms with E-state index in [2.05, 4.69) is 6.07 Å². The zero-order chi connectivity index (χ0) is 22.0. The van der Waals surface area contributed by atoms with Crippen molar-refractivity contribution in [3.63, 3.8) is 0 Å². The molecule has 0 radical (unpaired) electrons. The lowest BCUT2D eigenvalue weighted by Gasteiger charge is -2.42. The summed E-state index contributed by atoms with van der Waals surface area (Å²) in [5.74, 6) is 2.68. The van der Waals surface area contributed by atoms with Gasteiger partial charge in [0.15, 0.2) is 23.0 Å². The maximum Gasteiger partial charge on any atom is 0.254 e. The molecule has 1 fully saturated rings. The van der Waals surface area contributed by atoms with Crippen molar-refractivity contribution >= 4 is 5.91 Å². The van der Waals surface area contributed by atoms with Gasteiger partial charge in [0.25, 0.3) is 5.91 Å². The van der Waals surface area contributed by atoms with E-state index in [0.29, 0.717) is 42.5 Å². The largest absolute Gasteiger partial charge is 0.493 e. The lowest BCUT2D eigenvalue weighted by Crippen LogP contribution is -2.46. The van der Waals surface area contributed by atoms with Gasteiger partial charge in [-0.2, -0.15) is 0 Å². The molecule has 1 amide bonds. The molecule has 1 saturated carbocycles.